The Morgan fingerprint density at radius 3 is 2.68 bits per heavy atom. The molecule has 2 nitrogen and oxygen atoms in total. The van der Waals surface area contributed by atoms with Crippen LogP contribution >= 0.6 is 0 Å². The number of methoxy groups -OCH3 is 1. The first-order valence-corrected chi connectivity index (χ1v) is 5.68. The molecule has 0 heterocycles. The first kappa shape index (κ1) is 15.7. The van der Waals surface area contributed by atoms with Crippen LogP contribution in [0.4, 0.5) is 17.6 Å². The Bertz CT molecular complexity index is 429. The van der Waals surface area contributed by atoms with Crippen molar-refractivity contribution in [1.82, 2.24) is 5.32 Å². The minimum absolute atomic E-state index is 0.0533. The third kappa shape index (κ3) is 5.40. The molecule has 19 heavy (non-hydrogen) atoms. The number of benzene rings is 1. The van der Waals surface area contributed by atoms with Crippen LogP contribution in [0.15, 0.2) is 24.3 Å². The molecule has 0 spiro atoms. The Labute approximate surface area is 109 Å². The molecule has 0 saturated heterocycles. The average Bonchev–Trinajstić information content (AvgIpc) is 2.34. The number of alkyl halides is 3. The van der Waals surface area contributed by atoms with Crippen molar-refractivity contribution in [3.8, 4) is 0 Å². The van der Waals surface area contributed by atoms with Crippen LogP contribution in [0.25, 0.3) is 6.08 Å². The molecule has 6 heteroatoms. The van der Waals surface area contributed by atoms with Crippen molar-refractivity contribution in [1.29, 1.82) is 0 Å². The Morgan fingerprint density at radius 1 is 1.32 bits per heavy atom. The smallest absolute Gasteiger partial charge is 0.383 e. The summed E-state index contributed by atoms with van der Waals surface area (Å²) in [5, 5.41) is 2.96. The summed E-state index contributed by atoms with van der Waals surface area (Å²) in [6.07, 6.45) is -1.69. The van der Waals surface area contributed by atoms with E-state index >= 15 is 0 Å². The van der Waals surface area contributed by atoms with E-state index in [1.807, 2.05) is 0 Å². The summed E-state index contributed by atoms with van der Waals surface area (Å²) < 4.78 is 55.7. The minimum Gasteiger partial charge on any atom is -0.383 e. The van der Waals surface area contributed by atoms with E-state index in [2.05, 4.69) is 5.32 Å². The van der Waals surface area contributed by atoms with Gasteiger partial charge in [0.05, 0.1) is 12.2 Å². The number of hydrogen-bond acceptors (Lipinski definition) is 2. The summed E-state index contributed by atoms with van der Waals surface area (Å²) in [5.74, 6) is -0.900. The van der Waals surface area contributed by atoms with E-state index in [0.29, 0.717) is 25.8 Å². The van der Waals surface area contributed by atoms with Crippen molar-refractivity contribution in [2.75, 3.05) is 26.8 Å². The molecule has 0 saturated carbocycles. The molecule has 0 radical (unpaired) electrons. The van der Waals surface area contributed by atoms with E-state index < -0.39 is 17.6 Å². The largest absolute Gasteiger partial charge is 0.417 e. The fourth-order valence-corrected chi connectivity index (χ4v) is 1.46. The van der Waals surface area contributed by atoms with E-state index in [9.17, 15) is 17.6 Å². The first-order chi connectivity index (χ1) is 8.95. The lowest BCUT2D eigenvalue weighted by molar-refractivity contribution is -0.137. The number of rotatable bonds is 6. The summed E-state index contributed by atoms with van der Waals surface area (Å²) in [4.78, 5) is 0. The van der Waals surface area contributed by atoms with Crippen molar-refractivity contribution in [2.45, 2.75) is 6.18 Å². The topological polar surface area (TPSA) is 21.3 Å². The van der Waals surface area contributed by atoms with Crippen molar-refractivity contribution in [3.63, 3.8) is 0 Å². The third-order valence-corrected chi connectivity index (χ3v) is 2.36. The highest BCUT2D eigenvalue weighted by atomic mass is 19.4. The second-order valence-corrected chi connectivity index (χ2v) is 3.83. The SMILES string of the molecule is COCCNC/C=C/c1ccc(F)cc1C(F)(F)F. The Balaban J connectivity index is 2.70. The Morgan fingerprint density at radius 2 is 2.05 bits per heavy atom. The molecule has 0 fully saturated rings. The number of nitrogens with one attached hydrogen (secondary N) is 1. The molecule has 0 aliphatic rings. The quantitative estimate of drug-likeness (QED) is 0.637. The van der Waals surface area contributed by atoms with Gasteiger partial charge in [-0.05, 0) is 17.7 Å². The monoisotopic (exact) mass is 277 g/mol. The zero-order valence-electron chi connectivity index (χ0n) is 10.4. The van der Waals surface area contributed by atoms with Crippen LogP contribution in [0.2, 0.25) is 0 Å². The van der Waals surface area contributed by atoms with Gasteiger partial charge in [0.1, 0.15) is 5.82 Å². The highest BCUT2D eigenvalue weighted by molar-refractivity contribution is 5.55. The predicted octanol–water partition coefficient (Wildman–Crippen LogP) is 3.09. The molecular formula is C13H15F4NO. The van der Waals surface area contributed by atoms with Gasteiger partial charge in [0.25, 0.3) is 0 Å². The highest BCUT2D eigenvalue weighted by Gasteiger charge is 2.33. The second-order valence-electron chi connectivity index (χ2n) is 3.83. The van der Waals surface area contributed by atoms with E-state index in [4.69, 9.17) is 4.74 Å². The maximum atomic E-state index is 12.9. The van der Waals surface area contributed by atoms with Crippen molar-refractivity contribution in [2.24, 2.45) is 0 Å². The van der Waals surface area contributed by atoms with E-state index in [0.717, 1.165) is 12.1 Å². The molecule has 106 valence electrons. The van der Waals surface area contributed by atoms with E-state index in [-0.39, 0.29) is 5.56 Å². The number of halogens is 4. The van der Waals surface area contributed by atoms with Crippen LogP contribution in [0.3, 0.4) is 0 Å². The van der Waals surface area contributed by atoms with Crippen LogP contribution in [-0.2, 0) is 10.9 Å². The molecule has 0 unspecified atom stereocenters. The second kappa shape index (κ2) is 7.25. The molecule has 0 atom stereocenters. The van der Waals surface area contributed by atoms with Gasteiger partial charge in [0.15, 0.2) is 0 Å². The molecule has 0 aromatic heterocycles. The van der Waals surface area contributed by atoms with Crippen molar-refractivity contribution >= 4 is 6.08 Å². The van der Waals surface area contributed by atoms with Gasteiger partial charge in [-0.3, -0.25) is 0 Å². The van der Waals surface area contributed by atoms with E-state index in [1.54, 1.807) is 13.2 Å². The third-order valence-electron chi connectivity index (χ3n) is 2.36. The highest BCUT2D eigenvalue weighted by Crippen LogP contribution is 2.33. The normalized spacial score (nSPS) is 12.3. The van der Waals surface area contributed by atoms with Gasteiger partial charge >= 0.3 is 6.18 Å². The molecule has 1 aromatic carbocycles. The van der Waals surface area contributed by atoms with Crippen molar-refractivity contribution < 1.29 is 22.3 Å². The molecule has 1 rings (SSSR count). The first-order valence-electron chi connectivity index (χ1n) is 5.68. The lowest BCUT2D eigenvalue weighted by Crippen LogP contribution is -2.18. The van der Waals surface area contributed by atoms with Crippen molar-refractivity contribution in [3.05, 3.63) is 41.2 Å². The lowest BCUT2D eigenvalue weighted by Gasteiger charge is -2.10. The van der Waals surface area contributed by atoms with Crippen LogP contribution < -0.4 is 5.32 Å². The Kier molecular flexibility index (Phi) is 5.98. The standard InChI is InChI=1S/C13H15F4NO/c1-19-8-7-18-6-2-3-10-4-5-11(14)9-12(10)13(15,16)17/h2-5,9,18H,6-8H2,1H3/b3-2+. The zero-order valence-corrected chi connectivity index (χ0v) is 10.4. The fourth-order valence-electron chi connectivity index (χ4n) is 1.46. The van der Waals surface area contributed by atoms with Gasteiger partial charge in [-0.25, -0.2) is 4.39 Å². The Hall–Kier alpha value is -1.40. The number of ether oxygens (including phenoxy) is 1. The maximum absolute atomic E-state index is 12.9. The molecule has 1 aromatic rings. The molecule has 0 amide bonds. The molecule has 0 aliphatic heterocycles. The fraction of sp³-hybridized carbons (Fsp3) is 0.385. The summed E-state index contributed by atoms with van der Waals surface area (Å²) in [6.45, 7) is 1.55. The zero-order chi connectivity index (χ0) is 14.3. The van der Waals surface area contributed by atoms with Crippen LogP contribution in [-0.4, -0.2) is 26.8 Å². The van der Waals surface area contributed by atoms with Gasteiger partial charge in [-0.1, -0.05) is 18.2 Å². The number of hydrogen-bond donors (Lipinski definition) is 1. The van der Waals surface area contributed by atoms with Gasteiger partial charge in [0.2, 0.25) is 0 Å². The summed E-state index contributed by atoms with van der Waals surface area (Å²) >= 11 is 0. The molecule has 0 bridgehead atoms. The van der Waals surface area contributed by atoms with Gasteiger partial charge in [-0.15, -0.1) is 0 Å². The summed E-state index contributed by atoms with van der Waals surface area (Å²) in [7, 11) is 1.56. The minimum atomic E-state index is -4.56. The summed E-state index contributed by atoms with van der Waals surface area (Å²) in [5.41, 5.74) is -1.02. The molecule has 0 aliphatic carbocycles. The average molecular weight is 277 g/mol. The van der Waals surface area contributed by atoms with E-state index in [1.165, 1.54) is 6.08 Å². The van der Waals surface area contributed by atoms with Crippen LogP contribution in [0, 0.1) is 5.82 Å². The van der Waals surface area contributed by atoms with Crippen LogP contribution in [0.1, 0.15) is 11.1 Å². The van der Waals surface area contributed by atoms with Gasteiger partial charge in [0, 0.05) is 20.2 Å². The lowest BCUT2D eigenvalue weighted by atomic mass is 10.1. The summed E-state index contributed by atoms with van der Waals surface area (Å²) in [6, 6.07) is 2.62. The van der Waals surface area contributed by atoms with Gasteiger partial charge in [-0.2, -0.15) is 13.2 Å². The molecular weight excluding hydrogens is 262 g/mol. The maximum Gasteiger partial charge on any atom is 0.417 e. The van der Waals surface area contributed by atoms with Crippen LogP contribution in [0.5, 0.6) is 0 Å². The molecule has 1 N–H and O–H groups in total. The predicted molar refractivity (Wildman–Crippen MR) is 65.2 cm³/mol. The van der Waals surface area contributed by atoms with Gasteiger partial charge < -0.3 is 10.1 Å².